The van der Waals surface area contributed by atoms with Crippen LogP contribution < -0.4 is 0 Å². The van der Waals surface area contributed by atoms with Crippen LogP contribution in [-0.4, -0.2) is 20.6 Å². The van der Waals surface area contributed by atoms with E-state index in [1.54, 1.807) is 70.2 Å². The summed E-state index contributed by atoms with van der Waals surface area (Å²) in [5.74, 6) is 0. The smallest absolute Gasteiger partial charge is 0.306 e. The van der Waals surface area contributed by atoms with Gasteiger partial charge >= 0.3 is 7.60 Å². The largest absolute Gasteiger partial charge is 0.335 e. The molecular weight excluding hydrogens is 371 g/mol. The molecular formula is C19H25O5PS. The fraction of sp³-hybridized carbons (Fsp3) is 0.368. The minimum Gasteiger partial charge on any atom is -0.306 e. The number of rotatable bonds is 8. The number of hydrogen-bond donors (Lipinski definition) is 0. The highest BCUT2D eigenvalue weighted by Crippen LogP contribution is 2.53. The van der Waals surface area contributed by atoms with E-state index in [2.05, 4.69) is 0 Å². The Balaban J connectivity index is 2.24. The lowest BCUT2D eigenvalue weighted by Gasteiger charge is -2.23. The van der Waals surface area contributed by atoms with Crippen LogP contribution in [0, 0.1) is 0 Å². The Labute approximate surface area is 155 Å². The molecule has 0 aliphatic heterocycles. The molecule has 5 nitrogen and oxygen atoms in total. The van der Waals surface area contributed by atoms with Crippen LogP contribution in [0.1, 0.15) is 33.3 Å². The number of sulfone groups is 1. The predicted molar refractivity (Wildman–Crippen MR) is 102 cm³/mol. The molecule has 0 aliphatic carbocycles. The van der Waals surface area contributed by atoms with Crippen LogP contribution in [0.15, 0.2) is 64.4 Å². The summed E-state index contributed by atoms with van der Waals surface area (Å²) in [6.45, 7) is 7.19. The Kier molecular flexibility index (Phi) is 6.80. The molecule has 2 rings (SSSR count). The quantitative estimate of drug-likeness (QED) is 0.583. The first kappa shape index (κ1) is 20.8. The van der Waals surface area contributed by atoms with E-state index in [0.717, 1.165) is 0 Å². The first-order chi connectivity index (χ1) is 12.1. The van der Waals surface area contributed by atoms with Gasteiger partial charge in [0.15, 0.2) is 0 Å². The summed E-state index contributed by atoms with van der Waals surface area (Å²) in [6.07, 6.45) is -0.385. The number of hydrogen-bond acceptors (Lipinski definition) is 5. The Hall–Kier alpha value is -1.46. The molecule has 2 aromatic rings. The van der Waals surface area contributed by atoms with Gasteiger partial charge in [-0.15, -0.1) is 0 Å². The van der Waals surface area contributed by atoms with Crippen LogP contribution in [0.2, 0.25) is 0 Å². The summed E-state index contributed by atoms with van der Waals surface area (Å²) in [5.41, 5.74) is 0.696. The van der Waals surface area contributed by atoms with Gasteiger partial charge in [-0.1, -0.05) is 30.3 Å². The minimum absolute atomic E-state index is 0.0923. The maximum atomic E-state index is 12.9. The summed E-state index contributed by atoms with van der Waals surface area (Å²) >= 11 is 0. The molecule has 142 valence electrons. The zero-order chi connectivity index (χ0) is 19.4. The van der Waals surface area contributed by atoms with Crippen LogP contribution >= 0.6 is 7.60 Å². The van der Waals surface area contributed by atoms with E-state index in [0.29, 0.717) is 5.56 Å². The average Bonchev–Trinajstić information content (AvgIpc) is 2.54. The van der Waals surface area contributed by atoms with Crippen molar-refractivity contribution in [2.24, 2.45) is 0 Å². The van der Waals surface area contributed by atoms with Crippen molar-refractivity contribution in [2.75, 3.05) is 0 Å². The normalized spacial score (nSPS) is 12.7. The summed E-state index contributed by atoms with van der Waals surface area (Å²) in [5, 5.41) is 0. The maximum Gasteiger partial charge on any atom is 0.335 e. The maximum absolute atomic E-state index is 12.9. The van der Waals surface area contributed by atoms with E-state index in [-0.39, 0.29) is 28.2 Å². The van der Waals surface area contributed by atoms with Crippen LogP contribution in [0.4, 0.5) is 0 Å². The minimum atomic E-state index is -3.57. The SMILES string of the molecule is CC(C)OP(=O)(Cc1ccc(S(=O)(=O)c2ccccc2)cc1)OC(C)C. The van der Waals surface area contributed by atoms with E-state index < -0.39 is 17.4 Å². The van der Waals surface area contributed by atoms with Gasteiger partial charge in [-0.25, -0.2) is 8.42 Å². The number of benzene rings is 2. The van der Waals surface area contributed by atoms with Crippen molar-refractivity contribution in [3.05, 3.63) is 60.2 Å². The van der Waals surface area contributed by atoms with Crippen LogP contribution in [0.5, 0.6) is 0 Å². The second kappa shape index (κ2) is 8.49. The first-order valence-corrected chi connectivity index (χ1v) is 11.7. The fourth-order valence-corrected chi connectivity index (χ4v) is 5.90. The Morgan fingerprint density at radius 3 is 1.73 bits per heavy atom. The van der Waals surface area contributed by atoms with E-state index >= 15 is 0 Å². The topological polar surface area (TPSA) is 69.7 Å². The molecule has 0 saturated carbocycles. The van der Waals surface area contributed by atoms with Crippen LogP contribution in [0.3, 0.4) is 0 Å². The third-order valence-corrected chi connectivity index (χ3v) is 7.43. The van der Waals surface area contributed by atoms with E-state index in [9.17, 15) is 13.0 Å². The molecule has 7 heteroatoms. The van der Waals surface area contributed by atoms with Gasteiger partial charge in [0.05, 0.1) is 28.2 Å². The van der Waals surface area contributed by atoms with Crippen LogP contribution in [-0.2, 0) is 29.6 Å². The lowest BCUT2D eigenvalue weighted by Crippen LogP contribution is -2.09. The predicted octanol–water partition coefficient (Wildman–Crippen LogP) is 5.06. The first-order valence-electron chi connectivity index (χ1n) is 8.47. The van der Waals surface area contributed by atoms with E-state index in [4.69, 9.17) is 9.05 Å². The molecule has 0 aliphatic rings. The molecule has 26 heavy (non-hydrogen) atoms. The second-order valence-electron chi connectivity index (χ2n) is 6.54. The highest BCUT2D eigenvalue weighted by Gasteiger charge is 2.28. The fourth-order valence-electron chi connectivity index (χ4n) is 2.48. The molecule has 0 aromatic heterocycles. The summed E-state index contributed by atoms with van der Waals surface area (Å²) in [6, 6.07) is 14.6. The van der Waals surface area contributed by atoms with Gasteiger partial charge in [0.2, 0.25) is 9.84 Å². The highest BCUT2D eigenvalue weighted by molar-refractivity contribution is 7.91. The molecule has 0 unspecified atom stereocenters. The van der Waals surface area contributed by atoms with Gasteiger partial charge in [-0.05, 0) is 57.5 Å². The monoisotopic (exact) mass is 396 g/mol. The molecule has 0 atom stereocenters. The molecule has 0 heterocycles. The second-order valence-corrected chi connectivity index (χ2v) is 10.4. The zero-order valence-corrected chi connectivity index (χ0v) is 17.2. The Morgan fingerprint density at radius 1 is 0.808 bits per heavy atom. The third-order valence-electron chi connectivity index (χ3n) is 3.41. The van der Waals surface area contributed by atoms with Crippen molar-refractivity contribution in [1.82, 2.24) is 0 Å². The van der Waals surface area contributed by atoms with Crippen molar-refractivity contribution in [2.45, 2.75) is 55.9 Å². The van der Waals surface area contributed by atoms with Gasteiger partial charge < -0.3 is 9.05 Å². The lowest BCUT2D eigenvalue weighted by atomic mass is 10.2. The molecule has 0 radical (unpaired) electrons. The third kappa shape index (κ3) is 5.52. The van der Waals surface area contributed by atoms with E-state index in [1.165, 1.54) is 12.1 Å². The van der Waals surface area contributed by atoms with Gasteiger partial charge in [0.25, 0.3) is 0 Å². The molecule has 0 amide bonds. The van der Waals surface area contributed by atoms with Gasteiger partial charge in [-0.3, -0.25) is 4.57 Å². The average molecular weight is 396 g/mol. The molecule has 0 bridgehead atoms. The Morgan fingerprint density at radius 2 is 1.27 bits per heavy atom. The summed E-state index contributed by atoms with van der Waals surface area (Å²) < 4.78 is 49.2. The lowest BCUT2D eigenvalue weighted by molar-refractivity contribution is 0.141. The van der Waals surface area contributed by atoms with Crippen molar-refractivity contribution >= 4 is 17.4 Å². The summed E-state index contributed by atoms with van der Waals surface area (Å²) in [4.78, 5) is 0.432. The van der Waals surface area contributed by atoms with Crippen molar-refractivity contribution in [3.8, 4) is 0 Å². The van der Waals surface area contributed by atoms with Crippen LogP contribution in [0.25, 0.3) is 0 Å². The molecule has 0 fully saturated rings. The van der Waals surface area contributed by atoms with Crippen molar-refractivity contribution in [3.63, 3.8) is 0 Å². The molecule has 0 N–H and O–H groups in total. The zero-order valence-electron chi connectivity index (χ0n) is 15.5. The summed E-state index contributed by atoms with van der Waals surface area (Å²) in [7, 11) is -6.89. The molecule has 0 spiro atoms. The molecule has 0 saturated heterocycles. The van der Waals surface area contributed by atoms with Gasteiger partial charge in [0.1, 0.15) is 0 Å². The van der Waals surface area contributed by atoms with Crippen molar-refractivity contribution < 1.29 is 22.0 Å². The van der Waals surface area contributed by atoms with Gasteiger partial charge in [-0.2, -0.15) is 0 Å². The highest BCUT2D eigenvalue weighted by atomic mass is 32.2. The standard InChI is InChI=1S/C19H25O5PS/c1-15(2)23-25(20,24-16(3)4)14-17-10-12-19(13-11-17)26(21,22)18-8-6-5-7-9-18/h5-13,15-16H,14H2,1-4H3. The van der Waals surface area contributed by atoms with Gasteiger partial charge in [0, 0.05) is 0 Å². The molecule has 2 aromatic carbocycles. The van der Waals surface area contributed by atoms with E-state index in [1.807, 2.05) is 0 Å². The van der Waals surface area contributed by atoms with Crippen molar-refractivity contribution in [1.29, 1.82) is 0 Å². The Bertz CT molecular complexity index is 845.